The maximum atomic E-state index is 13.4. The van der Waals surface area contributed by atoms with E-state index < -0.39 is 0 Å². The van der Waals surface area contributed by atoms with E-state index in [0.717, 1.165) is 71.0 Å². The first-order valence-corrected chi connectivity index (χ1v) is 29.4. The molecular weight excluding hydrogens is 817 g/mol. The highest BCUT2D eigenvalue weighted by molar-refractivity contribution is 5.78. The highest BCUT2D eigenvalue weighted by atomic mass is 16.5. The van der Waals surface area contributed by atoms with Gasteiger partial charge >= 0.3 is 11.9 Å². The van der Waals surface area contributed by atoms with Gasteiger partial charge in [0.2, 0.25) is 5.91 Å². The lowest BCUT2D eigenvalue weighted by molar-refractivity contribution is -0.146. The van der Waals surface area contributed by atoms with E-state index >= 15 is 0 Å². The lowest BCUT2D eigenvalue weighted by Gasteiger charge is -2.27. The number of hydrogen-bond acceptors (Lipinski definition) is 6. The quantitative estimate of drug-likeness (QED) is 0.0447. The molecule has 0 aliphatic carbocycles. The van der Waals surface area contributed by atoms with Crippen molar-refractivity contribution in [3.63, 3.8) is 0 Å². The summed E-state index contributed by atoms with van der Waals surface area (Å²) in [6.45, 7) is 19.8. The Morgan fingerprint density at radius 3 is 1.09 bits per heavy atom. The zero-order chi connectivity index (χ0) is 49.1. The van der Waals surface area contributed by atoms with Crippen LogP contribution in [0.4, 0.5) is 0 Å². The predicted octanol–water partition coefficient (Wildman–Crippen LogP) is 17.7. The second kappa shape index (κ2) is 52.7. The van der Waals surface area contributed by atoms with E-state index in [1.165, 1.54) is 186 Å². The van der Waals surface area contributed by atoms with Gasteiger partial charge in [0.05, 0.1) is 13.2 Å². The van der Waals surface area contributed by atoms with Crippen LogP contribution in [0.3, 0.4) is 0 Å². The van der Waals surface area contributed by atoms with E-state index in [-0.39, 0.29) is 17.9 Å². The summed E-state index contributed by atoms with van der Waals surface area (Å²) in [6, 6.07) is 0. The van der Waals surface area contributed by atoms with Crippen molar-refractivity contribution in [2.75, 3.05) is 46.9 Å². The number of esters is 2. The Morgan fingerprint density at radius 1 is 0.364 bits per heavy atom. The third kappa shape index (κ3) is 46.1. The van der Waals surface area contributed by atoms with Crippen molar-refractivity contribution in [2.45, 2.75) is 299 Å². The van der Waals surface area contributed by atoms with Crippen LogP contribution in [0.2, 0.25) is 0 Å². The number of nitrogens with zero attached hydrogens (tertiary/aromatic N) is 2. The number of hydrogen-bond donors (Lipinski definition) is 0. The van der Waals surface area contributed by atoms with Gasteiger partial charge in [-0.2, -0.15) is 0 Å². The first kappa shape index (κ1) is 66.5. The molecule has 3 unspecified atom stereocenters. The lowest BCUT2D eigenvalue weighted by Crippen LogP contribution is -2.37. The molecule has 0 radical (unpaired) electrons. The summed E-state index contributed by atoms with van der Waals surface area (Å²) in [4.78, 5) is 42.0. The summed E-state index contributed by atoms with van der Waals surface area (Å²) in [5.74, 6) is 1.76. The van der Waals surface area contributed by atoms with Gasteiger partial charge in [-0.1, -0.05) is 215 Å². The molecule has 0 spiro atoms. The molecule has 0 aromatic heterocycles. The van der Waals surface area contributed by atoms with Crippen molar-refractivity contribution in [2.24, 2.45) is 17.8 Å². The maximum Gasteiger partial charge on any atom is 0.305 e. The molecule has 0 bridgehead atoms. The van der Waals surface area contributed by atoms with Crippen LogP contribution < -0.4 is 0 Å². The Hall–Kier alpha value is -1.63. The molecule has 0 aliphatic heterocycles. The van der Waals surface area contributed by atoms with Crippen LogP contribution in [-0.4, -0.2) is 74.6 Å². The summed E-state index contributed by atoms with van der Waals surface area (Å²) in [7, 11) is 4.24. The molecule has 7 heteroatoms. The molecule has 3 atom stereocenters. The zero-order valence-corrected chi connectivity index (χ0v) is 46.3. The number of amides is 1. The minimum atomic E-state index is 0.000439. The summed E-state index contributed by atoms with van der Waals surface area (Å²) in [6.07, 6.45) is 45.9. The minimum Gasteiger partial charge on any atom is -0.465 e. The number of rotatable bonds is 49. The van der Waals surface area contributed by atoms with Crippen molar-refractivity contribution in [3.8, 4) is 0 Å². The first-order valence-electron chi connectivity index (χ1n) is 29.4. The topological polar surface area (TPSA) is 76.2 Å². The monoisotopic (exact) mass is 935 g/mol. The third-order valence-electron chi connectivity index (χ3n) is 13.7. The van der Waals surface area contributed by atoms with Gasteiger partial charge in [-0.25, -0.2) is 0 Å². The fourth-order valence-electron chi connectivity index (χ4n) is 9.04. The smallest absolute Gasteiger partial charge is 0.305 e. The van der Waals surface area contributed by atoms with Crippen LogP contribution in [0, 0.1) is 17.8 Å². The summed E-state index contributed by atoms with van der Waals surface area (Å²) in [5.41, 5.74) is 0. The summed E-state index contributed by atoms with van der Waals surface area (Å²) in [5, 5.41) is 0. The molecule has 0 aromatic carbocycles. The van der Waals surface area contributed by atoms with Crippen molar-refractivity contribution < 1.29 is 23.9 Å². The van der Waals surface area contributed by atoms with Crippen molar-refractivity contribution >= 4 is 17.8 Å². The molecule has 394 valence electrons. The largest absolute Gasteiger partial charge is 0.465 e. The lowest BCUT2D eigenvalue weighted by atomic mass is 9.96. The van der Waals surface area contributed by atoms with E-state index in [4.69, 9.17) is 9.47 Å². The average Bonchev–Trinajstić information content (AvgIpc) is 3.31. The molecular formula is C59H118N2O5. The zero-order valence-electron chi connectivity index (χ0n) is 46.3. The predicted molar refractivity (Wildman–Crippen MR) is 287 cm³/mol. The van der Waals surface area contributed by atoms with Crippen molar-refractivity contribution in [1.29, 1.82) is 0 Å². The fraction of sp³-hybridized carbons (Fsp3) is 0.949. The molecule has 0 heterocycles. The molecule has 0 aromatic rings. The molecule has 1 amide bonds. The Bertz CT molecular complexity index is 1020. The van der Waals surface area contributed by atoms with Gasteiger partial charge < -0.3 is 19.3 Å². The molecule has 0 fully saturated rings. The van der Waals surface area contributed by atoms with Crippen LogP contribution in [0.25, 0.3) is 0 Å². The van der Waals surface area contributed by atoms with Gasteiger partial charge in [-0.15, -0.1) is 0 Å². The minimum absolute atomic E-state index is 0.000439. The molecule has 0 aliphatic rings. The number of ether oxygens (including phenoxy) is 2. The van der Waals surface area contributed by atoms with Gasteiger partial charge in [0.1, 0.15) is 0 Å². The Morgan fingerprint density at radius 2 is 0.682 bits per heavy atom. The fourth-order valence-corrected chi connectivity index (χ4v) is 9.04. The highest BCUT2D eigenvalue weighted by Crippen LogP contribution is 2.21. The second-order valence-corrected chi connectivity index (χ2v) is 20.6. The van der Waals surface area contributed by atoms with Crippen LogP contribution >= 0.6 is 0 Å². The van der Waals surface area contributed by atoms with Gasteiger partial charge in [0, 0.05) is 31.8 Å². The summed E-state index contributed by atoms with van der Waals surface area (Å²) < 4.78 is 11.2. The standard InChI is InChI=1S/C37H74N2O3.C22H44O2/c1-7-11-14-21-27-34(26-13-9-3)33-42-36(40)29-22-18-16-15-17-19-23-31-39(32-25-24-30-38(5)6)37(41)35(10-4)28-20-12-8-2;1-4-7-10-12-13-14-16-19-22(23)24-20-21(17-9-6-3)18-15-11-8-5-2/h34-35H,7-33H2,1-6H3;21H,4-20H2,1-3H3. The molecule has 0 saturated carbocycles. The SMILES string of the molecule is CCCCCCC(CCCC)COC(=O)CCCCCCCCCN(CCCCN(C)C)C(=O)C(CC)CCCCC.CCCCCCCCCC(=O)OCC(CCCC)CCCCCC. The Labute approximate surface area is 413 Å². The van der Waals surface area contributed by atoms with Crippen LogP contribution in [0.15, 0.2) is 0 Å². The van der Waals surface area contributed by atoms with Gasteiger partial charge in [-0.05, 0) is 103 Å². The normalized spacial score (nSPS) is 12.7. The van der Waals surface area contributed by atoms with Gasteiger partial charge in [0.15, 0.2) is 0 Å². The van der Waals surface area contributed by atoms with E-state index in [9.17, 15) is 14.4 Å². The van der Waals surface area contributed by atoms with Gasteiger partial charge in [0.25, 0.3) is 0 Å². The molecule has 0 rings (SSSR count). The summed E-state index contributed by atoms with van der Waals surface area (Å²) >= 11 is 0. The maximum absolute atomic E-state index is 13.4. The molecule has 0 saturated heterocycles. The van der Waals surface area contributed by atoms with E-state index in [2.05, 4.69) is 72.4 Å². The average molecular weight is 936 g/mol. The Kier molecular flexibility index (Phi) is 53.1. The number of carbonyl (C=O) groups excluding carboxylic acids is 3. The van der Waals surface area contributed by atoms with Crippen molar-refractivity contribution in [3.05, 3.63) is 0 Å². The van der Waals surface area contributed by atoms with E-state index in [0.29, 0.717) is 43.8 Å². The number of unbranched alkanes of at least 4 members (excludes halogenated alkanes) is 23. The molecule has 66 heavy (non-hydrogen) atoms. The first-order chi connectivity index (χ1) is 32.1. The van der Waals surface area contributed by atoms with Crippen LogP contribution in [0.5, 0.6) is 0 Å². The third-order valence-corrected chi connectivity index (χ3v) is 13.7. The van der Waals surface area contributed by atoms with Crippen molar-refractivity contribution in [1.82, 2.24) is 9.80 Å². The number of carbonyl (C=O) groups is 3. The molecule has 0 N–H and O–H groups in total. The van der Waals surface area contributed by atoms with E-state index in [1.807, 2.05) is 0 Å². The Balaban J connectivity index is 0. The van der Waals surface area contributed by atoms with E-state index in [1.54, 1.807) is 0 Å². The van der Waals surface area contributed by atoms with Gasteiger partial charge in [-0.3, -0.25) is 14.4 Å². The van der Waals surface area contributed by atoms with Crippen LogP contribution in [-0.2, 0) is 23.9 Å². The highest BCUT2D eigenvalue weighted by Gasteiger charge is 2.22. The molecule has 7 nitrogen and oxygen atoms in total. The van der Waals surface area contributed by atoms with Crippen LogP contribution in [0.1, 0.15) is 299 Å². The second-order valence-electron chi connectivity index (χ2n) is 20.6.